The molecule has 3 saturated heterocycles. The topological polar surface area (TPSA) is 23.6 Å². The van der Waals surface area contributed by atoms with Gasteiger partial charge in [-0.1, -0.05) is 18.2 Å². The van der Waals surface area contributed by atoms with Crippen molar-refractivity contribution in [2.45, 2.75) is 30.8 Å². The first-order valence-corrected chi connectivity index (χ1v) is 7.08. The predicted molar refractivity (Wildman–Crippen MR) is 70.0 cm³/mol. The van der Waals surface area contributed by atoms with Crippen molar-refractivity contribution in [3.63, 3.8) is 0 Å². The Bertz CT molecular complexity index is 444. The molecule has 4 heterocycles. The van der Waals surface area contributed by atoms with E-state index in [9.17, 15) is 4.79 Å². The van der Waals surface area contributed by atoms with E-state index < -0.39 is 0 Å². The number of carbonyl (C=O) groups excluding carboxylic acids is 1. The number of carbonyl (C=O) groups is 1. The third-order valence-electron chi connectivity index (χ3n) is 5.52. The van der Waals surface area contributed by atoms with Crippen molar-refractivity contribution >= 4 is 5.91 Å². The molecule has 0 aromatic heterocycles. The summed E-state index contributed by atoms with van der Waals surface area (Å²) >= 11 is 0. The molecule has 1 spiro atoms. The monoisotopic (exact) mass is 244 g/mol. The Balaban J connectivity index is 1.84. The van der Waals surface area contributed by atoms with Gasteiger partial charge in [-0.2, -0.15) is 0 Å². The molecule has 0 aliphatic carbocycles. The van der Waals surface area contributed by atoms with E-state index in [4.69, 9.17) is 0 Å². The van der Waals surface area contributed by atoms with E-state index in [0.29, 0.717) is 24.3 Å². The molecule has 3 bridgehead atoms. The van der Waals surface area contributed by atoms with Crippen LogP contribution < -0.4 is 0 Å². The standard InChI is InChI=1S/C15H20N2O/c1-2-4-13-15-6-3-5-14(18)17(15)10-12-9-16(13)8-11(12)7-15/h2-3,6,11-13H,1,4-5,7-10H2/t11-,12-,13-,15+/m0/s1. The summed E-state index contributed by atoms with van der Waals surface area (Å²) in [7, 11) is 0. The summed E-state index contributed by atoms with van der Waals surface area (Å²) in [6.07, 6.45) is 9.23. The van der Waals surface area contributed by atoms with Crippen molar-refractivity contribution in [3.05, 3.63) is 24.8 Å². The van der Waals surface area contributed by atoms with Gasteiger partial charge >= 0.3 is 0 Å². The maximum absolute atomic E-state index is 12.3. The normalized spacial score (nSPS) is 48.4. The van der Waals surface area contributed by atoms with Crippen LogP contribution in [0.15, 0.2) is 24.8 Å². The van der Waals surface area contributed by atoms with Gasteiger partial charge < -0.3 is 4.90 Å². The highest BCUT2D eigenvalue weighted by molar-refractivity contribution is 5.81. The Labute approximate surface area is 108 Å². The molecule has 0 radical (unpaired) electrons. The molecule has 3 heteroatoms. The molecular weight excluding hydrogens is 224 g/mol. The zero-order chi connectivity index (χ0) is 12.3. The SMILES string of the molecule is C=CC[C@@H]1N2C[C@@H]3C[C@]14C=CCC(=O)N4C[C@@H]3C2. The molecule has 1 amide bonds. The molecule has 3 fully saturated rings. The van der Waals surface area contributed by atoms with Crippen molar-refractivity contribution in [1.82, 2.24) is 9.80 Å². The summed E-state index contributed by atoms with van der Waals surface area (Å²) in [6, 6.07) is 0.458. The van der Waals surface area contributed by atoms with Gasteiger partial charge in [0.2, 0.25) is 5.91 Å². The van der Waals surface area contributed by atoms with E-state index in [1.807, 2.05) is 6.08 Å². The first kappa shape index (κ1) is 10.8. The Morgan fingerprint density at radius 1 is 1.39 bits per heavy atom. The number of rotatable bonds is 2. The highest BCUT2D eigenvalue weighted by Crippen LogP contribution is 2.51. The third-order valence-corrected chi connectivity index (χ3v) is 5.52. The second kappa shape index (κ2) is 3.47. The van der Waals surface area contributed by atoms with Gasteiger partial charge in [0.05, 0.1) is 5.54 Å². The molecule has 1 unspecified atom stereocenters. The van der Waals surface area contributed by atoms with E-state index >= 15 is 0 Å². The lowest BCUT2D eigenvalue weighted by molar-refractivity contribution is -0.144. The van der Waals surface area contributed by atoms with Gasteiger partial charge in [0.1, 0.15) is 0 Å². The molecule has 4 rings (SSSR count). The largest absolute Gasteiger partial charge is 0.331 e. The Hall–Kier alpha value is -1.09. The lowest BCUT2D eigenvalue weighted by Crippen LogP contribution is -2.67. The van der Waals surface area contributed by atoms with E-state index in [1.165, 1.54) is 19.5 Å². The van der Waals surface area contributed by atoms with Crippen molar-refractivity contribution in [1.29, 1.82) is 0 Å². The summed E-state index contributed by atoms with van der Waals surface area (Å²) in [6.45, 7) is 7.32. The van der Waals surface area contributed by atoms with Gasteiger partial charge in [-0.15, -0.1) is 6.58 Å². The lowest BCUT2D eigenvalue weighted by Gasteiger charge is -2.56. The fraction of sp³-hybridized carbons (Fsp3) is 0.667. The van der Waals surface area contributed by atoms with Crippen molar-refractivity contribution in [3.8, 4) is 0 Å². The van der Waals surface area contributed by atoms with Crippen LogP contribution in [0.3, 0.4) is 0 Å². The van der Waals surface area contributed by atoms with E-state index in [2.05, 4.69) is 28.5 Å². The minimum atomic E-state index is -0.0144. The summed E-state index contributed by atoms with van der Waals surface area (Å²) in [5, 5.41) is 0. The van der Waals surface area contributed by atoms with Crippen LogP contribution in [0.25, 0.3) is 0 Å². The van der Waals surface area contributed by atoms with E-state index in [0.717, 1.165) is 18.9 Å². The van der Waals surface area contributed by atoms with Gasteiger partial charge in [0.15, 0.2) is 0 Å². The molecule has 4 aliphatic heterocycles. The highest BCUT2D eigenvalue weighted by atomic mass is 16.2. The van der Waals surface area contributed by atoms with E-state index in [1.54, 1.807) is 0 Å². The summed E-state index contributed by atoms with van der Waals surface area (Å²) in [5.41, 5.74) is -0.0144. The summed E-state index contributed by atoms with van der Waals surface area (Å²) in [4.78, 5) is 17.1. The molecule has 0 N–H and O–H groups in total. The second-order valence-corrected chi connectivity index (χ2v) is 6.32. The van der Waals surface area contributed by atoms with Crippen LogP contribution >= 0.6 is 0 Å². The van der Waals surface area contributed by atoms with Crippen LogP contribution in [0.5, 0.6) is 0 Å². The quantitative estimate of drug-likeness (QED) is 0.686. The molecule has 5 atom stereocenters. The zero-order valence-corrected chi connectivity index (χ0v) is 10.7. The van der Waals surface area contributed by atoms with Gasteiger partial charge in [-0.3, -0.25) is 9.69 Å². The molecule has 4 aliphatic rings. The Morgan fingerprint density at radius 2 is 2.22 bits per heavy atom. The fourth-order valence-electron chi connectivity index (χ4n) is 4.82. The molecule has 18 heavy (non-hydrogen) atoms. The molecular formula is C15H20N2O. The maximum Gasteiger partial charge on any atom is 0.227 e. The number of nitrogens with zero attached hydrogens (tertiary/aromatic N) is 2. The molecule has 3 nitrogen and oxygen atoms in total. The van der Waals surface area contributed by atoms with Gasteiger partial charge in [-0.05, 0) is 24.7 Å². The van der Waals surface area contributed by atoms with Crippen LogP contribution in [0.4, 0.5) is 0 Å². The number of hydrogen-bond acceptors (Lipinski definition) is 2. The average molecular weight is 244 g/mol. The van der Waals surface area contributed by atoms with Crippen LogP contribution in [0, 0.1) is 11.8 Å². The summed E-state index contributed by atoms with van der Waals surface area (Å²) < 4.78 is 0. The predicted octanol–water partition coefficient (Wildman–Crippen LogP) is 1.42. The highest BCUT2D eigenvalue weighted by Gasteiger charge is 2.60. The molecule has 0 aromatic carbocycles. The van der Waals surface area contributed by atoms with Crippen molar-refractivity contribution < 1.29 is 4.79 Å². The van der Waals surface area contributed by atoms with Gasteiger partial charge in [0.25, 0.3) is 0 Å². The van der Waals surface area contributed by atoms with Crippen molar-refractivity contribution in [2.75, 3.05) is 19.6 Å². The second-order valence-electron chi connectivity index (χ2n) is 6.32. The zero-order valence-electron chi connectivity index (χ0n) is 10.7. The van der Waals surface area contributed by atoms with Crippen LogP contribution in [-0.4, -0.2) is 46.9 Å². The minimum absolute atomic E-state index is 0.0144. The smallest absolute Gasteiger partial charge is 0.227 e. The van der Waals surface area contributed by atoms with Gasteiger partial charge in [-0.25, -0.2) is 0 Å². The number of piperidine rings is 2. The minimum Gasteiger partial charge on any atom is -0.331 e. The van der Waals surface area contributed by atoms with Crippen LogP contribution in [-0.2, 0) is 4.79 Å². The molecule has 96 valence electrons. The first-order chi connectivity index (χ1) is 8.74. The van der Waals surface area contributed by atoms with Crippen molar-refractivity contribution in [2.24, 2.45) is 11.8 Å². The Kier molecular flexibility index (Phi) is 2.08. The number of amides is 1. The Morgan fingerprint density at radius 3 is 3.06 bits per heavy atom. The van der Waals surface area contributed by atoms with Crippen LogP contribution in [0.2, 0.25) is 0 Å². The maximum atomic E-state index is 12.3. The molecule has 0 aromatic rings. The fourth-order valence-corrected chi connectivity index (χ4v) is 4.82. The van der Waals surface area contributed by atoms with Crippen LogP contribution in [0.1, 0.15) is 19.3 Å². The number of fused-ring (bicyclic) bond motifs is 1. The molecule has 0 saturated carbocycles. The first-order valence-electron chi connectivity index (χ1n) is 7.08. The lowest BCUT2D eigenvalue weighted by atomic mass is 9.69. The number of hydrogen-bond donors (Lipinski definition) is 0. The average Bonchev–Trinajstić information content (AvgIpc) is 2.65. The summed E-state index contributed by atoms with van der Waals surface area (Å²) in [5.74, 6) is 1.85. The third kappa shape index (κ3) is 1.16. The van der Waals surface area contributed by atoms with Gasteiger partial charge in [0, 0.05) is 32.1 Å². The van der Waals surface area contributed by atoms with E-state index in [-0.39, 0.29) is 5.54 Å².